The molecule has 6 heteroatoms. The van der Waals surface area contributed by atoms with Crippen LogP contribution in [0.15, 0.2) is 0 Å². The molecule has 5 nitrogen and oxygen atoms in total. The number of hydrogen-bond donors (Lipinski definition) is 0. The highest BCUT2D eigenvalue weighted by Crippen LogP contribution is 2.45. The second kappa shape index (κ2) is 4.33. The van der Waals surface area contributed by atoms with Crippen molar-refractivity contribution < 1.29 is 22.5 Å². The van der Waals surface area contributed by atoms with E-state index in [1.54, 1.807) is 0 Å². The Kier molecular flexibility index (Phi) is 3.21. The largest absolute Gasteiger partial charge is 0.748 e. The molecule has 2 fully saturated rings. The fraction of sp³-hybridized carbons (Fsp3) is 0.900. The first-order valence-corrected chi connectivity index (χ1v) is 7.15. The second-order valence-corrected chi connectivity index (χ2v) is 6.24. The van der Waals surface area contributed by atoms with Gasteiger partial charge in [0.05, 0.1) is 16.5 Å². The van der Waals surface area contributed by atoms with Gasteiger partial charge in [0.25, 0.3) is 0 Å². The van der Waals surface area contributed by atoms with Crippen molar-refractivity contribution in [1.82, 2.24) is 0 Å². The molecular weight excluding hydrogens is 232 g/mol. The molecule has 92 valence electrons. The Morgan fingerprint density at radius 1 is 1.31 bits per heavy atom. The summed E-state index contributed by atoms with van der Waals surface area (Å²) in [6, 6.07) is 0. The van der Waals surface area contributed by atoms with Crippen LogP contribution in [0.4, 0.5) is 0 Å². The lowest BCUT2D eigenvalue weighted by Crippen LogP contribution is -2.25. The van der Waals surface area contributed by atoms with E-state index < -0.39 is 21.8 Å². The molecule has 0 aromatic rings. The fourth-order valence-electron chi connectivity index (χ4n) is 2.77. The molecule has 2 saturated carbocycles. The normalized spacial score (nSPS) is 32.9. The maximum atomic E-state index is 11.3. The molecule has 0 aromatic carbocycles. The molecule has 16 heavy (non-hydrogen) atoms. The highest BCUT2D eigenvalue weighted by atomic mass is 32.2. The Morgan fingerprint density at radius 3 is 2.56 bits per heavy atom. The van der Waals surface area contributed by atoms with Crippen LogP contribution in [0.2, 0.25) is 0 Å². The summed E-state index contributed by atoms with van der Waals surface area (Å²) in [7, 11) is -4.31. The van der Waals surface area contributed by atoms with Gasteiger partial charge in [-0.05, 0) is 37.5 Å². The average Bonchev–Trinajstić information content (AvgIpc) is 2.75. The standard InChI is InChI=1S/C10H16O5S/c11-10(3-4-16(12,13)14)15-9-6-7-1-2-8(9)5-7/h7-9H,1-6H2,(H,12,13,14)/p-1. The maximum Gasteiger partial charge on any atom is 0.307 e. The minimum atomic E-state index is -4.31. The van der Waals surface area contributed by atoms with E-state index in [4.69, 9.17) is 4.74 Å². The number of rotatable bonds is 4. The van der Waals surface area contributed by atoms with E-state index in [9.17, 15) is 17.8 Å². The number of esters is 1. The number of fused-ring (bicyclic) bond motifs is 2. The van der Waals surface area contributed by atoms with Crippen LogP contribution < -0.4 is 0 Å². The molecule has 0 heterocycles. The quantitative estimate of drug-likeness (QED) is 0.538. The Morgan fingerprint density at radius 2 is 2.06 bits per heavy atom. The predicted octanol–water partition coefficient (Wildman–Crippen LogP) is 0.653. The van der Waals surface area contributed by atoms with E-state index in [2.05, 4.69) is 0 Å². The summed E-state index contributed by atoms with van der Waals surface area (Å²) in [6.07, 6.45) is 3.98. The summed E-state index contributed by atoms with van der Waals surface area (Å²) in [6.45, 7) is 0. The molecule has 0 aliphatic heterocycles. The van der Waals surface area contributed by atoms with Crippen molar-refractivity contribution in [2.75, 3.05) is 5.75 Å². The molecule has 2 bridgehead atoms. The SMILES string of the molecule is O=C(CCS(=O)(=O)[O-])OC1CC2CCC1C2. The first-order valence-electron chi connectivity index (χ1n) is 5.57. The molecule has 0 N–H and O–H groups in total. The summed E-state index contributed by atoms with van der Waals surface area (Å²) in [5.41, 5.74) is 0. The zero-order valence-electron chi connectivity index (χ0n) is 8.92. The Hall–Kier alpha value is -0.620. The molecule has 0 saturated heterocycles. The third-order valence-electron chi connectivity index (χ3n) is 3.51. The van der Waals surface area contributed by atoms with Crippen molar-refractivity contribution in [2.45, 2.75) is 38.2 Å². The number of carbonyl (C=O) groups is 1. The van der Waals surface area contributed by atoms with E-state index >= 15 is 0 Å². The Labute approximate surface area is 94.9 Å². The number of carbonyl (C=O) groups excluding carboxylic acids is 1. The van der Waals surface area contributed by atoms with Crippen molar-refractivity contribution in [3.05, 3.63) is 0 Å². The zero-order valence-corrected chi connectivity index (χ0v) is 9.74. The van der Waals surface area contributed by atoms with Gasteiger partial charge < -0.3 is 9.29 Å². The van der Waals surface area contributed by atoms with E-state index in [1.165, 1.54) is 6.42 Å². The molecule has 0 amide bonds. The van der Waals surface area contributed by atoms with Gasteiger partial charge >= 0.3 is 5.97 Å². The third kappa shape index (κ3) is 2.95. The molecule has 0 aromatic heterocycles. The van der Waals surface area contributed by atoms with Gasteiger partial charge in [0.1, 0.15) is 6.10 Å². The van der Waals surface area contributed by atoms with E-state index in [0.717, 1.165) is 19.3 Å². The summed E-state index contributed by atoms with van der Waals surface area (Å²) in [5, 5.41) is 0. The highest BCUT2D eigenvalue weighted by molar-refractivity contribution is 7.85. The molecule has 3 atom stereocenters. The van der Waals surface area contributed by atoms with Gasteiger partial charge in [0, 0.05) is 5.75 Å². The lowest BCUT2D eigenvalue weighted by Gasteiger charge is -2.21. The van der Waals surface area contributed by atoms with E-state index in [1.807, 2.05) is 0 Å². The Bertz CT molecular complexity index is 375. The maximum absolute atomic E-state index is 11.3. The molecular formula is C10H15O5S-. The van der Waals surface area contributed by atoms with Gasteiger partial charge in [-0.15, -0.1) is 0 Å². The molecule has 2 rings (SSSR count). The van der Waals surface area contributed by atoms with Crippen LogP contribution in [0.5, 0.6) is 0 Å². The molecule has 2 aliphatic carbocycles. The zero-order chi connectivity index (χ0) is 11.8. The van der Waals surface area contributed by atoms with Crippen LogP contribution in [-0.4, -0.2) is 30.8 Å². The molecule has 0 spiro atoms. The second-order valence-electron chi connectivity index (χ2n) is 4.71. The van der Waals surface area contributed by atoms with Crippen LogP contribution in [0, 0.1) is 11.8 Å². The van der Waals surface area contributed by atoms with Crippen molar-refractivity contribution in [3.8, 4) is 0 Å². The first kappa shape index (κ1) is 11.9. The van der Waals surface area contributed by atoms with Crippen LogP contribution in [-0.2, 0) is 19.6 Å². The van der Waals surface area contributed by atoms with Gasteiger partial charge in [-0.2, -0.15) is 0 Å². The predicted molar refractivity (Wildman–Crippen MR) is 54.5 cm³/mol. The lowest BCUT2D eigenvalue weighted by atomic mass is 9.98. The van der Waals surface area contributed by atoms with Crippen LogP contribution in [0.1, 0.15) is 32.1 Å². The first-order chi connectivity index (χ1) is 7.44. The van der Waals surface area contributed by atoms with Gasteiger partial charge in [0.15, 0.2) is 0 Å². The van der Waals surface area contributed by atoms with Gasteiger partial charge in [-0.3, -0.25) is 4.79 Å². The van der Waals surface area contributed by atoms with Crippen molar-refractivity contribution >= 4 is 16.1 Å². The van der Waals surface area contributed by atoms with Gasteiger partial charge in [0.2, 0.25) is 0 Å². The minimum Gasteiger partial charge on any atom is -0.748 e. The summed E-state index contributed by atoms with van der Waals surface area (Å²) in [5.74, 6) is -0.0899. The number of ether oxygens (including phenoxy) is 1. The van der Waals surface area contributed by atoms with E-state index in [-0.39, 0.29) is 12.5 Å². The van der Waals surface area contributed by atoms with Crippen LogP contribution in [0.3, 0.4) is 0 Å². The monoisotopic (exact) mass is 247 g/mol. The average molecular weight is 247 g/mol. The summed E-state index contributed by atoms with van der Waals surface area (Å²) >= 11 is 0. The van der Waals surface area contributed by atoms with Crippen LogP contribution in [0.25, 0.3) is 0 Å². The van der Waals surface area contributed by atoms with Crippen molar-refractivity contribution in [3.63, 3.8) is 0 Å². The van der Waals surface area contributed by atoms with Gasteiger partial charge in [-0.1, -0.05) is 0 Å². The lowest BCUT2D eigenvalue weighted by molar-refractivity contribution is -0.151. The number of hydrogen-bond acceptors (Lipinski definition) is 5. The molecule has 3 unspecified atom stereocenters. The topological polar surface area (TPSA) is 83.5 Å². The minimum absolute atomic E-state index is 0.0411. The van der Waals surface area contributed by atoms with E-state index in [0.29, 0.717) is 11.8 Å². The van der Waals surface area contributed by atoms with Crippen LogP contribution >= 0.6 is 0 Å². The fourth-order valence-corrected chi connectivity index (χ4v) is 3.18. The summed E-state index contributed by atoms with van der Waals surface area (Å²) < 4.78 is 36.2. The molecule has 2 aliphatic rings. The molecule has 0 radical (unpaired) electrons. The summed E-state index contributed by atoms with van der Waals surface area (Å²) in [4.78, 5) is 11.3. The Balaban J connectivity index is 1.76. The highest BCUT2D eigenvalue weighted by Gasteiger charge is 2.41. The van der Waals surface area contributed by atoms with Crippen molar-refractivity contribution in [1.29, 1.82) is 0 Å². The van der Waals surface area contributed by atoms with Crippen molar-refractivity contribution in [2.24, 2.45) is 11.8 Å². The van der Waals surface area contributed by atoms with Gasteiger partial charge in [-0.25, -0.2) is 8.42 Å². The smallest absolute Gasteiger partial charge is 0.307 e. The third-order valence-corrected chi connectivity index (χ3v) is 4.22.